The van der Waals surface area contributed by atoms with Gasteiger partial charge in [-0.25, -0.2) is 18.4 Å². The Bertz CT molecular complexity index is 1310. The van der Waals surface area contributed by atoms with Gasteiger partial charge in [0.25, 0.3) is 0 Å². The van der Waals surface area contributed by atoms with E-state index in [0.29, 0.717) is 40.8 Å². The third kappa shape index (κ3) is 2.85. The summed E-state index contributed by atoms with van der Waals surface area (Å²) in [5.41, 5.74) is 10.5. The average Bonchev–Trinajstić information content (AvgIpc) is 3.11. The number of halogens is 2. The van der Waals surface area contributed by atoms with Gasteiger partial charge in [0.05, 0.1) is 34.2 Å². The number of fused-ring (bicyclic) bond motifs is 2. The summed E-state index contributed by atoms with van der Waals surface area (Å²) < 4.78 is 28.8. The van der Waals surface area contributed by atoms with Gasteiger partial charge < -0.3 is 5.73 Å². The molecule has 5 nitrogen and oxygen atoms in total. The van der Waals surface area contributed by atoms with Crippen molar-refractivity contribution in [3.63, 3.8) is 0 Å². The summed E-state index contributed by atoms with van der Waals surface area (Å²) in [6.07, 6.45) is 2.38. The van der Waals surface area contributed by atoms with Crippen molar-refractivity contribution < 1.29 is 13.6 Å². The van der Waals surface area contributed by atoms with Gasteiger partial charge in [-0.1, -0.05) is 24.3 Å². The number of aryl methyl sites for hydroxylation is 1. The number of aromatic nitrogens is 3. The zero-order valence-corrected chi connectivity index (χ0v) is 16.2. The first-order valence-electron chi connectivity index (χ1n) is 9.63. The summed E-state index contributed by atoms with van der Waals surface area (Å²) in [7, 11) is 0. The molecule has 30 heavy (non-hydrogen) atoms. The third-order valence-electron chi connectivity index (χ3n) is 5.70. The molecule has 1 unspecified atom stereocenters. The number of rotatable bonds is 2. The molecule has 5 rings (SSSR count). The van der Waals surface area contributed by atoms with Crippen molar-refractivity contribution in [2.75, 3.05) is 5.73 Å². The second-order valence-electron chi connectivity index (χ2n) is 7.65. The Balaban J connectivity index is 1.67. The Hall–Kier alpha value is -3.61. The van der Waals surface area contributed by atoms with E-state index in [1.54, 1.807) is 0 Å². The Kier molecular flexibility index (Phi) is 4.13. The fourth-order valence-corrected chi connectivity index (χ4v) is 4.32. The SMILES string of the molecule is Cc1ccccc1C1CC(=O)c2c(nc3c(cnn3-c3cc(F)cc(F)c3)c2N)C1. The van der Waals surface area contributed by atoms with Gasteiger partial charge in [0.1, 0.15) is 11.6 Å². The Morgan fingerprint density at radius 1 is 1.10 bits per heavy atom. The van der Waals surface area contributed by atoms with Gasteiger partial charge >= 0.3 is 0 Å². The van der Waals surface area contributed by atoms with Crippen LogP contribution in [0.5, 0.6) is 0 Å². The number of nitrogens with two attached hydrogens (primary N) is 1. The number of carbonyl (C=O) groups is 1. The van der Waals surface area contributed by atoms with E-state index in [1.165, 1.54) is 23.0 Å². The van der Waals surface area contributed by atoms with Crippen molar-refractivity contribution >= 4 is 22.5 Å². The lowest BCUT2D eigenvalue weighted by atomic mass is 9.79. The fraction of sp³-hybridized carbons (Fsp3) is 0.174. The van der Waals surface area contributed by atoms with E-state index in [0.717, 1.165) is 17.2 Å². The maximum absolute atomic E-state index is 13.7. The molecule has 1 aliphatic carbocycles. The molecule has 150 valence electrons. The highest BCUT2D eigenvalue weighted by Gasteiger charge is 2.31. The van der Waals surface area contributed by atoms with Crippen LogP contribution in [0.2, 0.25) is 0 Å². The Morgan fingerprint density at radius 2 is 1.83 bits per heavy atom. The molecule has 0 saturated carbocycles. The predicted molar refractivity (Wildman–Crippen MR) is 110 cm³/mol. The number of nitrogen functional groups attached to an aromatic ring is 1. The summed E-state index contributed by atoms with van der Waals surface area (Å²) >= 11 is 0. The molecule has 0 spiro atoms. The first-order chi connectivity index (χ1) is 14.4. The number of anilines is 1. The molecule has 2 aromatic carbocycles. The van der Waals surface area contributed by atoms with Crippen LogP contribution in [0.1, 0.15) is 39.5 Å². The quantitative estimate of drug-likeness (QED) is 0.534. The van der Waals surface area contributed by atoms with Crippen molar-refractivity contribution in [1.29, 1.82) is 0 Å². The van der Waals surface area contributed by atoms with E-state index in [-0.39, 0.29) is 17.4 Å². The Morgan fingerprint density at radius 3 is 2.57 bits per heavy atom. The van der Waals surface area contributed by atoms with Crippen molar-refractivity contribution in [2.24, 2.45) is 0 Å². The predicted octanol–water partition coefficient (Wildman–Crippen LogP) is 4.50. The van der Waals surface area contributed by atoms with Crippen LogP contribution in [0.4, 0.5) is 14.5 Å². The maximum atomic E-state index is 13.7. The average molecular weight is 404 g/mol. The van der Waals surface area contributed by atoms with Crippen molar-refractivity contribution in [3.05, 3.63) is 82.7 Å². The molecule has 2 heterocycles. The number of hydrogen-bond donors (Lipinski definition) is 1. The molecule has 0 aliphatic heterocycles. The molecule has 1 aliphatic rings. The first-order valence-corrected chi connectivity index (χ1v) is 9.63. The normalized spacial score (nSPS) is 16.1. The third-order valence-corrected chi connectivity index (χ3v) is 5.70. The zero-order chi connectivity index (χ0) is 21.0. The lowest BCUT2D eigenvalue weighted by Crippen LogP contribution is -2.22. The van der Waals surface area contributed by atoms with E-state index in [9.17, 15) is 13.6 Å². The topological polar surface area (TPSA) is 73.8 Å². The van der Waals surface area contributed by atoms with Gasteiger partial charge in [0, 0.05) is 12.5 Å². The molecule has 0 amide bonds. The van der Waals surface area contributed by atoms with E-state index in [4.69, 9.17) is 5.73 Å². The highest BCUT2D eigenvalue weighted by Crippen LogP contribution is 2.38. The van der Waals surface area contributed by atoms with Crippen LogP contribution in [0, 0.1) is 18.6 Å². The summed E-state index contributed by atoms with van der Waals surface area (Å²) in [6, 6.07) is 11.1. The van der Waals surface area contributed by atoms with Crippen molar-refractivity contribution in [3.8, 4) is 5.69 Å². The van der Waals surface area contributed by atoms with Gasteiger partial charge in [0.2, 0.25) is 0 Å². The number of ketones is 1. The number of nitrogens with zero attached hydrogens (tertiary/aromatic N) is 3. The highest BCUT2D eigenvalue weighted by molar-refractivity contribution is 6.09. The van der Waals surface area contributed by atoms with Crippen LogP contribution in [0.25, 0.3) is 16.7 Å². The van der Waals surface area contributed by atoms with Crippen LogP contribution >= 0.6 is 0 Å². The van der Waals surface area contributed by atoms with Gasteiger partial charge in [-0.05, 0) is 42.5 Å². The van der Waals surface area contributed by atoms with Crippen LogP contribution in [-0.2, 0) is 6.42 Å². The van der Waals surface area contributed by atoms with Crippen LogP contribution in [0.3, 0.4) is 0 Å². The fourth-order valence-electron chi connectivity index (χ4n) is 4.32. The molecule has 0 fully saturated rings. The van der Waals surface area contributed by atoms with E-state index < -0.39 is 11.6 Å². The zero-order valence-electron chi connectivity index (χ0n) is 16.2. The highest BCUT2D eigenvalue weighted by atomic mass is 19.1. The summed E-state index contributed by atoms with van der Waals surface area (Å²) in [4.78, 5) is 17.6. The van der Waals surface area contributed by atoms with Gasteiger partial charge in [-0.15, -0.1) is 0 Å². The minimum atomic E-state index is -0.714. The molecular formula is C23H18F2N4O. The van der Waals surface area contributed by atoms with Gasteiger partial charge in [0.15, 0.2) is 11.4 Å². The molecular weight excluding hydrogens is 386 g/mol. The van der Waals surface area contributed by atoms with Gasteiger partial charge in [-0.3, -0.25) is 4.79 Å². The minimum Gasteiger partial charge on any atom is -0.397 e. The van der Waals surface area contributed by atoms with E-state index in [2.05, 4.69) is 10.1 Å². The van der Waals surface area contributed by atoms with Crippen molar-refractivity contribution in [2.45, 2.75) is 25.7 Å². The number of carbonyl (C=O) groups excluding carboxylic acids is 1. The Labute approximate surface area is 171 Å². The van der Waals surface area contributed by atoms with Crippen LogP contribution in [0.15, 0.2) is 48.7 Å². The minimum absolute atomic E-state index is 0.00136. The second-order valence-corrected chi connectivity index (χ2v) is 7.65. The molecule has 4 aromatic rings. The summed E-state index contributed by atoms with van der Waals surface area (Å²) in [6.45, 7) is 2.02. The van der Waals surface area contributed by atoms with Crippen LogP contribution in [-0.4, -0.2) is 20.5 Å². The largest absolute Gasteiger partial charge is 0.397 e. The number of hydrogen-bond acceptors (Lipinski definition) is 4. The number of benzene rings is 2. The smallest absolute Gasteiger partial charge is 0.167 e. The van der Waals surface area contributed by atoms with E-state index >= 15 is 0 Å². The molecule has 0 radical (unpaired) electrons. The maximum Gasteiger partial charge on any atom is 0.167 e. The number of Topliss-reactive ketones (excluding diaryl/α,β-unsaturated/α-hetero) is 1. The molecule has 0 saturated heterocycles. The molecule has 2 N–H and O–H groups in total. The first kappa shape index (κ1) is 18.4. The van der Waals surface area contributed by atoms with Crippen molar-refractivity contribution in [1.82, 2.24) is 14.8 Å². The van der Waals surface area contributed by atoms with E-state index in [1.807, 2.05) is 31.2 Å². The summed E-state index contributed by atoms with van der Waals surface area (Å²) in [5.74, 6) is -1.48. The number of pyridine rings is 1. The standard InChI is InChI=1S/C23H18F2N4O/c1-12-4-2-3-5-17(12)13-6-19-21(20(30)7-13)22(26)18-11-27-29(23(18)28-19)16-9-14(24)8-15(25)10-16/h2-5,8-11,13H,6-7H2,1H3,(H2,26,28). The van der Waals surface area contributed by atoms with Gasteiger partial charge in [-0.2, -0.15) is 5.10 Å². The summed E-state index contributed by atoms with van der Waals surface area (Å²) in [5, 5.41) is 4.71. The molecule has 0 bridgehead atoms. The monoisotopic (exact) mass is 404 g/mol. The second kappa shape index (κ2) is 6.73. The lowest BCUT2D eigenvalue weighted by molar-refractivity contribution is 0.0964. The molecule has 1 atom stereocenters. The van der Waals surface area contributed by atoms with Crippen LogP contribution < -0.4 is 5.73 Å². The molecule has 2 aromatic heterocycles. The molecule has 7 heteroatoms. The lowest BCUT2D eigenvalue weighted by Gasteiger charge is -2.25.